The Bertz CT molecular complexity index is 397. The zero-order valence-electron chi connectivity index (χ0n) is 13.8. The van der Waals surface area contributed by atoms with E-state index in [1.54, 1.807) is 0 Å². The van der Waals surface area contributed by atoms with Gasteiger partial charge in [0.1, 0.15) is 12.2 Å². The zero-order valence-corrected chi connectivity index (χ0v) is 15.2. The molecular weight excluding hydrogens is 272 g/mol. The topological polar surface area (TPSA) is 44.8 Å². The summed E-state index contributed by atoms with van der Waals surface area (Å²) in [6.07, 6.45) is -0.0765. The Hall–Kier alpha value is -0.233. The van der Waals surface area contributed by atoms with Crippen molar-refractivity contribution in [1.29, 1.82) is 0 Å². The molecule has 0 unspecified atom stereocenters. The standard InChI is InChI=1S/C15H28O4Si/c1-13(2,3)20-19-14(4,5)9-8-10(16)12-11(9)17-15(6,7)18-12/h9,11-12H,8,20H2,1-7H3/t9-,11-,12+/m0/s1. The van der Waals surface area contributed by atoms with Crippen LogP contribution >= 0.6 is 0 Å². The largest absolute Gasteiger partial charge is 0.418 e. The van der Waals surface area contributed by atoms with Gasteiger partial charge in [-0.1, -0.05) is 20.8 Å². The highest BCUT2D eigenvalue weighted by molar-refractivity contribution is 6.31. The second kappa shape index (κ2) is 4.90. The first-order valence-electron chi connectivity index (χ1n) is 7.44. The Morgan fingerprint density at radius 3 is 2.35 bits per heavy atom. The number of hydrogen-bond acceptors (Lipinski definition) is 4. The molecular formula is C15H28O4Si. The number of ketones is 1. The number of carbonyl (C=O) groups excluding carboxylic acids is 1. The molecule has 1 aliphatic carbocycles. The van der Waals surface area contributed by atoms with E-state index in [4.69, 9.17) is 13.9 Å². The van der Waals surface area contributed by atoms with Crippen molar-refractivity contribution in [3.8, 4) is 0 Å². The van der Waals surface area contributed by atoms with Crippen LogP contribution < -0.4 is 0 Å². The van der Waals surface area contributed by atoms with E-state index in [0.29, 0.717) is 6.42 Å². The number of Topliss-reactive ketones (excluding diaryl/α,β-unsaturated/α-hetero) is 1. The number of hydrogen-bond donors (Lipinski definition) is 0. The van der Waals surface area contributed by atoms with Gasteiger partial charge in [0.05, 0.1) is 5.60 Å². The van der Waals surface area contributed by atoms with Crippen molar-refractivity contribution in [3.05, 3.63) is 0 Å². The number of carbonyl (C=O) groups is 1. The molecule has 1 heterocycles. The van der Waals surface area contributed by atoms with Gasteiger partial charge in [-0.3, -0.25) is 4.79 Å². The van der Waals surface area contributed by atoms with Gasteiger partial charge in [0.15, 0.2) is 21.3 Å². The lowest BCUT2D eigenvalue weighted by Gasteiger charge is -2.37. The summed E-state index contributed by atoms with van der Waals surface area (Å²) in [5, 5.41) is 0.242. The summed E-state index contributed by atoms with van der Waals surface area (Å²) in [6.45, 7) is 14.5. The summed E-state index contributed by atoms with van der Waals surface area (Å²) in [6, 6.07) is 0. The summed E-state index contributed by atoms with van der Waals surface area (Å²) in [4.78, 5) is 12.2. The first-order chi connectivity index (χ1) is 8.91. The van der Waals surface area contributed by atoms with Crippen molar-refractivity contribution in [1.82, 2.24) is 0 Å². The van der Waals surface area contributed by atoms with Crippen molar-refractivity contribution >= 4 is 15.5 Å². The van der Waals surface area contributed by atoms with Gasteiger partial charge in [-0.2, -0.15) is 0 Å². The van der Waals surface area contributed by atoms with Crippen molar-refractivity contribution in [3.63, 3.8) is 0 Å². The van der Waals surface area contributed by atoms with Crippen LogP contribution in [0.25, 0.3) is 0 Å². The van der Waals surface area contributed by atoms with Gasteiger partial charge >= 0.3 is 0 Å². The van der Waals surface area contributed by atoms with Crippen molar-refractivity contribution < 1.29 is 18.7 Å². The van der Waals surface area contributed by atoms with Crippen LogP contribution in [0.3, 0.4) is 0 Å². The summed E-state index contributed by atoms with van der Waals surface area (Å²) in [5.74, 6) is -0.433. The molecule has 0 amide bonds. The fraction of sp³-hybridized carbons (Fsp3) is 0.933. The van der Waals surface area contributed by atoms with Gasteiger partial charge in [0, 0.05) is 12.3 Å². The third-order valence-corrected chi connectivity index (χ3v) is 5.79. The monoisotopic (exact) mass is 300 g/mol. The summed E-state index contributed by atoms with van der Waals surface area (Å²) in [5.41, 5.74) is -0.335. The van der Waals surface area contributed by atoms with E-state index in [0.717, 1.165) is 0 Å². The molecule has 0 aromatic heterocycles. The van der Waals surface area contributed by atoms with Gasteiger partial charge in [0.25, 0.3) is 0 Å². The maximum absolute atomic E-state index is 12.2. The zero-order chi connectivity index (χ0) is 15.3. The molecule has 0 aromatic carbocycles. The maximum Gasteiger partial charge on any atom is 0.167 e. The minimum atomic E-state index is -0.667. The predicted octanol–water partition coefficient (Wildman–Crippen LogP) is 2.19. The van der Waals surface area contributed by atoms with Crippen LogP contribution in [-0.2, 0) is 18.7 Å². The number of fused-ring (bicyclic) bond motifs is 1. The Kier molecular flexibility index (Phi) is 3.96. The molecule has 0 radical (unpaired) electrons. The fourth-order valence-electron chi connectivity index (χ4n) is 2.93. The van der Waals surface area contributed by atoms with Gasteiger partial charge in [0.2, 0.25) is 0 Å². The van der Waals surface area contributed by atoms with Gasteiger partial charge in [-0.25, -0.2) is 0 Å². The van der Waals surface area contributed by atoms with Crippen LogP contribution in [0, 0.1) is 5.92 Å². The lowest BCUT2D eigenvalue weighted by molar-refractivity contribution is -0.169. The Morgan fingerprint density at radius 1 is 1.20 bits per heavy atom. The molecule has 1 saturated carbocycles. The van der Waals surface area contributed by atoms with E-state index in [2.05, 4.69) is 34.6 Å². The molecule has 5 heteroatoms. The Balaban J connectivity index is 2.10. The molecule has 2 fully saturated rings. The molecule has 20 heavy (non-hydrogen) atoms. The Morgan fingerprint density at radius 2 is 1.80 bits per heavy atom. The van der Waals surface area contributed by atoms with E-state index in [9.17, 15) is 4.79 Å². The number of rotatable bonds is 3. The first-order valence-corrected chi connectivity index (χ1v) is 8.72. The molecule has 2 aliphatic rings. The van der Waals surface area contributed by atoms with Gasteiger partial charge in [-0.05, 0) is 32.7 Å². The fourth-order valence-corrected chi connectivity index (χ4v) is 3.95. The van der Waals surface area contributed by atoms with Crippen LogP contribution in [0.2, 0.25) is 5.04 Å². The quantitative estimate of drug-likeness (QED) is 0.750. The molecule has 3 atom stereocenters. The second-order valence-corrected chi connectivity index (χ2v) is 10.9. The summed E-state index contributed by atoms with van der Waals surface area (Å²) >= 11 is 0. The molecule has 116 valence electrons. The molecule has 4 nitrogen and oxygen atoms in total. The van der Waals surface area contributed by atoms with Crippen LogP contribution in [-0.4, -0.2) is 39.1 Å². The lowest BCUT2D eigenvalue weighted by Crippen LogP contribution is -2.43. The highest BCUT2D eigenvalue weighted by atomic mass is 28.2. The predicted molar refractivity (Wildman–Crippen MR) is 80.4 cm³/mol. The van der Waals surface area contributed by atoms with Crippen LogP contribution in [0.4, 0.5) is 0 Å². The summed E-state index contributed by atoms with van der Waals surface area (Å²) in [7, 11) is -0.667. The number of ether oxygens (including phenoxy) is 2. The maximum atomic E-state index is 12.2. The van der Waals surface area contributed by atoms with Crippen LogP contribution in [0.1, 0.15) is 54.9 Å². The first kappa shape index (κ1) is 16.1. The molecule has 1 saturated heterocycles. The van der Waals surface area contributed by atoms with E-state index < -0.39 is 21.7 Å². The van der Waals surface area contributed by atoms with Crippen LogP contribution in [0.15, 0.2) is 0 Å². The molecule has 0 spiro atoms. The third kappa shape index (κ3) is 3.32. The van der Waals surface area contributed by atoms with Crippen molar-refractivity contribution in [2.45, 2.75) is 83.5 Å². The van der Waals surface area contributed by atoms with E-state index in [1.807, 2.05) is 13.8 Å². The molecule has 1 aliphatic heterocycles. The van der Waals surface area contributed by atoms with E-state index in [-0.39, 0.29) is 28.4 Å². The SMILES string of the molecule is CC1(C)O[C@@H]2[C@H](O1)C(=O)C[C@@H]2C(C)(C)O[SiH2]C(C)(C)C. The molecule has 0 bridgehead atoms. The molecule has 2 rings (SSSR count). The average Bonchev–Trinajstić information content (AvgIpc) is 2.71. The average molecular weight is 300 g/mol. The van der Waals surface area contributed by atoms with Crippen LogP contribution in [0.5, 0.6) is 0 Å². The van der Waals surface area contributed by atoms with Gasteiger partial charge in [-0.15, -0.1) is 0 Å². The van der Waals surface area contributed by atoms with E-state index >= 15 is 0 Å². The third-order valence-electron chi connectivity index (χ3n) is 4.03. The van der Waals surface area contributed by atoms with Crippen molar-refractivity contribution in [2.75, 3.05) is 0 Å². The highest BCUT2D eigenvalue weighted by Crippen LogP contribution is 2.45. The minimum Gasteiger partial charge on any atom is -0.418 e. The molecule has 0 N–H and O–H groups in total. The van der Waals surface area contributed by atoms with Gasteiger partial charge < -0.3 is 13.9 Å². The minimum absolute atomic E-state index is 0.0802. The smallest absolute Gasteiger partial charge is 0.167 e. The summed E-state index contributed by atoms with van der Waals surface area (Å²) < 4.78 is 18.0. The Labute approximate surface area is 124 Å². The van der Waals surface area contributed by atoms with E-state index in [1.165, 1.54) is 0 Å². The normalized spacial score (nSPS) is 34.1. The second-order valence-electron chi connectivity index (χ2n) is 8.25. The lowest BCUT2D eigenvalue weighted by atomic mass is 9.88. The van der Waals surface area contributed by atoms with Crippen molar-refractivity contribution in [2.24, 2.45) is 5.92 Å². The molecule has 0 aromatic rings. The highest BCUT2D eigenvalue weighted by Gasteiger charge is 2.57.